The largest absolute Gasteiger partial charge is 0.302 e. The van der Waals surface area contributed by atoms with E-state index in [1.165, 1.54) is 7.05 Å². The maximum atomic E-state index is 11.1. The molecule has 0 amide bonds. The zero-order chi connectivity index (χ0) is 10.2. The van der Waals surface area contributed by atoms with E-state index in [0.29, 0.717) is 0 Å². The molecule has 0 spiro atoms. The lowest BCUT2D eigenvalue weighted by Crippen LogP contribution is -2.17. The van der Waals surface area contributed by atoms with Gasteiger partial charge in [0.1, 0.15) is 5.15 Å². The van der Waals surface area contributed by atoms with Crippen LogP contribution in [0.1, 0.15) is 0 Å². The summed E-state index contributed by atoms with van der Waals surface area (Å²) in [5, 5.41) is 0.0201. The minimum atomic E-state index is -3.89. The second-order valence-electron chi connectivity index (χ2n) is 2.35. The molecule has 0 saturated carbocycles. The van der Waals surface area contributed by atoms with Crippen molar-refractivity contribution in [3.63, 3.8) is 0 Å². The summed E-state index contributed by atoms with van der Waals surface area (Å²) in [4.78, 5) is 10.8. The topological polar surface area (TPSA) is 56.1 Å². The predicted octanol–water partition coefficient (Wildman–Crippen LogP) is 0.966. The maximum absolute atomic E-state index is 11.1. The van der Waals surface area contributed by atoms with Crippen molar-refractivity contribution in [3.8, 4) is 0 Å². The molecule has 0 saturated heterocycles. The molecule has 0 aliphatic carbocycles. The summed E-state index contributed by atoms with van der Waals surface area (Å²) in [5.74, 6) is 0. The van der Waals surface area contributed by atoms with Crippen LogP contribution in [0.25, 0.3) is 0 Å². The van der Waals surface area contributed by atoms with Crippen LogP contribution in [0.2, 0.25) is 5.15 Å². The summed E-state index contributed by atoms with van der Waals surface area (Å²) in [6.07, 6.45) is 0. The highest BCUT2D eigenvalue weighted by Gasteiger charge is 2.12. The molecule has 0 bridgehead atoms. The van der Waals surface area contributed by atoms with Crippen molar-refractivity contribution in [2.24, 2.45) is 7.05 Å². The highest BCUT2D eigenvalue weighted by atomic mass is 35.7. The first-order valence-electron chi connectivity index (χ1n) is 3.13. The number of rotatable bonds is 1. The fourth-order valence-corrected chi connectivity index (χ4v) is 1.75. The lowest BCUT2D eigenvalue weighted by molar-refractivity contribution is 0.609. The van der Waals surface area contributed by atoms with Crippen LogP contribution in [0.15, 0.2) is 21.8 Å². The van der Waals surface area contributed by atoms with E-state index in [1.807, 2.05) is 0 Å². The van der Waals surface area contributed by atoms with Crippen molar-refractivity contribution in [3.05, 3.63) is 27.6 Å². The molecule has 1 aromatic rings. The highest BCUT2D eigenvalue weighted by molar-refractivity contribution is 8.13. The van der Waals surface area contributed by atoms with Crippen LogP contribution in [-0.4, -0.2) is 13.0 Å². The molecule has 0 aliphatic heterocycles. The first kappa shape index (κ1) is 10.6. The molecule has 7 heteroatoms. The number of halogens is 2. The van der Waals surface area contributed by atoms with Gasteiger partial charge in [-0.1, -0.05) is 11.6 Å². The Morgan fingerprint density at radius 3 is 2.31 bits per heavy atom. The Bertz CT molecular complexity index is 491. The molecular formula is C6H5Cl2NO3S. The van der Waals surface area contributed by atoms with E-state index in [-0.39, 0.29) is 10.0 Å². The van der Waals surface area contributed by atoms with Gasteiger partial charge in [-0.05, 0) is 6.07 Å². The molecule has 4 nitrogen and oxygen atoms in total. The summed E-state index contributed by atoms with van der Waals surface area (Å²) in [6, 6.07) is 2.03. The van der Waals surface area contributed by atoms with Crippen molar-refractivity contribution in [1.82, 2.24) is 4.57 Å². The monoisotopic (exact) mass is 241 g/mol. The zero-order valence-corrected chi connectivity index (χ0v) is 8.82. The Morgan fingerprint density at radius 1 is 1.38 bits per heavy atom. The number of pyridine rings is 1. The minimum Gasteiger partial charge on any atom is -0.302 e. The number of hydrogen-bond acceptors (Lipinski definition) is 3. The van der Waals surface area contributed by atoms with Crippen LogP contribution in [0, 0.1) is 0 Å². The second kappa shape index (κ2) is 3.32. The third kappa shape index (κ3) is 2.24. The molecule has 0 radical (unpaired) electrons. The third-order valence-electron chi connectivity index (χ3n) is 1.46. The first-order valence-corrected chi connectivity index (χ1v) is 5.82. The number of nitrogens with zero attached hydrogens (tertiary/aromatic N) is 1. The summed E-state index contributed by atoms with van der Waals surface area (Å²) in [7, 11) is 2.56. The highest BCUT2D eigenvalue weighted by Crippen LogP contribution is 2.16. The Morgan fingerprint density at radius 2 is 1.92 bits per heavy atom. The number of aromatic nitrogens is 1. The van der Waals surface area contributed by atoms with Gasteiger partial charge in [-0.25, -0.2) is 8.42 Å². The molecule has 0 fully saturated rings. The average molecular weight is 242 g/mol. The van der Waals surface area contributed by atoms with Crippen molar-refractivity contribution in [2.75, 3.05) is 0 Å². The van der Waals surface area contributed by atoms with E-state index >= 15 is 0 Å². The zero-order valence-electron chi connectivity index (χ0n) is 6.49. The molecule has 13 heavy (non-hydrogen) atoms. The summed E-state index contributed by atoms with van der Waals surface area (Å²) in [6.45, 7) is 0. The standard InChI is InChI=1S/C6H5Cl2NO3S/c1-9-5(7)2-4(3-6(9)10)13(8,11)12/h2-3H,1H3. The van der Waals surface area contributed by atoms with E-state index in [0.717, 1.165) is 16.7 Å². The van der Waals surface area contributed by atoms with E-state index in [4.69, 9.17) is 22.3 Å². The molecule has 0 aliphatic rings. The van der Waals surface area contributed by atoms with Gasteiger partial charge in [-0.3, -0.25) is 4.79 Å². The molecule has 0 unspecified atom stereocenters. The SMILES string of the molecule is Cn1c(Cl)cc(S(=O)(=O)Cl)cc1=O. The van der Waals surface area contributed by atoms with Crippen molar-refractivity contribution in [1.29, 1.82) is 0 Å². The lowest BCUT2D eigenvalue weighted by atomic mass is 10.5. The minimum absolute atomic E-state index is 0.0201. The van der Waals surface area contributed by atoms with Crippen LogP contribution in [0.3, 0.4) is 0 Å². The van der Waals surface area contributed by atoms with Crippen LogP contribution in [0.4, 0.5) is 0 Å². The molecule has 1 heterocycles. The van der Waals surface area contributed by atoms with Crippen molar-refractivity contribution >= 4 is 31.3 Å². The molecule has 1 aromatic heterocycles. The fraction of sp³-hybridized carbons (Fsp3) is 0.167. The second-order valence-corrected chi connectivity index (χ2v) is 5.30. The van der Waals surface area contributed by atoms with Crippen LogP contribution >= 0.6 is 22.3 Å². The molecule has 0 atom stereocenters. The lowest BCUT2D eigenvalue weighted by Gasteiger charge is -2.01. The summed E-state index contributed by atoms with van der Waals surface area (Å²) < 4.78 is 22.7. The molecule has 72 valence electrons. The molecule has 0 aromatic carbocycles. The Kier molecular flexibility index (Phi) is 2.70. The van der Waals surface area contributed by atoms with Gasteiger partial charge < -0.3 is 4.57 Å². The van der Waals surface area contributed by atoms with Crippen LogP contribution in [0.5, 0.6) is 0 Å². The Labute approximate surface area is 84.1 Å². The number of hydrogen-bond donors (Lipinski definition) is 0. The first-order chi connectivity index (χ1) is 5.82. The van der Waals surface area contributed by atoms with Gasteiger partial charge in [-0.15, -0.1) is 0 Å². The third-order valence-corrected chi connectivity index (χ3v) is 3.16. The van der Waals surface area contributed by atoms with E-state index in [9.17, 15) is 13.2 Å². The van der Waals surface area contributed by atoms with Crippen LogP contribution < -0.4 is 5.56 Å². The Hall–Kier alpha value is -0.520. The van der Waals surface area contributed by atoms with Gasteiger partial charge >= 0.3 is 0 Å². The van der Waals surface area contributed by atoms with Gasteiger partial charge in [-0.2, -0.15) is 0 Å². The van der Waals surface area contributed by atoms with Gasteiger partial charge in [0.25, 0.3) is 14.6 Å². The fourth-order valence-electron chi connectivity index (χ4n) is 0.720. The normalized spacial score (nSPS) is 11.6. The van der Waals surface area contributed by atoms with Gasteiger partial charge in [0.05, 0.1) is 4.90 Å². The van der Waals surface area contributed by atoms with Gasteiger partial charge in [0, 0.05) is 23.8 Å². The summed E-state index contributed by atoms with van der Waals surface area (Å²) >= 11 is 5.57. The predicted molar refractivity (Wildman–Crippen MR) is 49.7 cm³/mol. The summed E-state index contributed by atoms with van der Waals surface area (Å²) in [5.41, 5.74) is -0.522. The van der Waals surface area contributed by atoms with E-state index in [1.54, 1.807) is 0 Å². The van der Waals surface area contributed by atoms with Crippen molar-refractivity contribution in [2.45, 2.75) is 4.90 Å². The van der Waals surface area contributed by atoms with Crippen LogP contribution in [-0.2, 0) is 16.1 Å². The van der Waals surface area contributed by atoms with E-state index in [2.05, 4.69) is 0 Å². The maximum Gasteiger partial charge on any atom is 0.261 e. The van der Waals surface area contributed by atoms with Gasteiger partial charge in [0.2, 0.25) is 0 Å². The Balaban J connectivity index is 3.56. The molecular weight excluding hydrogens is 237 g/mol. The van der Waals surface area contributed by atoms with Gasteiger partial charge in [0.15, 0.2) is 0 Å². The smallest absolute Gasteiger partial charge is 0.261 e. The van der Waals surface area contributed by atoms with E-state index < -0.39 is 14.6 Å². The molecule has 1 rings (SSSR count). The quantitative estimate of drug-likeness (QED) is 0.544. The van der Waals surface area contributed by atoms with Crippen molar-refractivity contribution < 1.29 is 8.42 Å². The average Bonchev–Trinajstić information content (AvgIpc) is 1.97. The molecule has 0 N–H and O–H groups in total.